The van der Waals surface area contributed by atoms with Crippen LogP contribution in [0.5, 0.6) is 0 Å². The van der Waals surface area contributed by atoms with E-state index in [1.807, 2.05) is 19.9 Å². The Morgan fingerprint density at radius 1 is 1.04 bits per heavy atom. The van der Waals surface area contributed by atoms with Gasteiger partial charge in [0.2, 0.25) is 5.91 Å². The zero-order valence-electron chi connectivity index (χ0n) is 18.0. The van der Waals surface area contributed by atoms with E-state index in [1.54, 1.807) is 0 Å². The van der Waals surface area contributed by atoms with Gasteiger partial charge in [-0.15, -0.1) is 0 Å². The van der Waals surface area contributed by atoms with Crippen molar-refractivity contribution < 1.29 is 9.59 Å². The maximum Gasteiger partial charge on any atom is 0.253 e. The van der Waals surface area contributed by atoms with Crippen molar-refractivity contribution in [2.75, 3.05) is 0 Å². The van der Waals surface area contributed by atoms with Crippen LogP contribution in [0.2, 0.25) is 0 Å². The number of nitrogens with zero attached hydrogens (tertiary/aromatic N) is 1. The first-order valence-corrected chi connectivity index (χ1v) is 11.2. The van der Waals surface area contributed by atoms with Crippen LogP contribution in [0.4, 0.5) is 0 Å². The standard InChI is InChI=1S/C23H37N3O2/c1-15(2)24-22(27)18-9-8-10-19(14-18)25-23(28)21-13-16(3)26(17(21)4)20-11-6-5-7-12-20/h13,15,18-20H,5-12,14H2,1-4H3,(H,24,27)(H,25,28). The maximum atomic E-state index is 13.0. The van der Waals surface area contributed by atoms with Gasteiger partial charge in [-0.05, 0) is 65.9 Å². The van der Waals surface area contributed by atoms with E-state index in [9.17, 15) is 9.59 Å². The summed E-state index contributed by atoms with van der Waals surface area (Å²) in [4.78, 5) is 25.4. The van der Waals surface area contributed by atoms with Crippen molar-refractivity contribution in [3.05, 3.63) is 23.0 Å². The first-order valence-electron chi connectivity index (χ1n) is 11.2. The average molecular weight is 388 g/mol. The third-order valence-electron chi connectivity index (χ3n) is 6.48. The van der Waals surface area contributed by atoms with Gasteiger partial charge < -0.3 is 15.2 Å². The summed E-state index contributed by atoms with van der Waals surface area (Å²) in [6.07, 6.45) is 9.93. The molecule has 2 amide bonds. The fourth-order valence-corrected chi connectivity index (χ4v) is 5.13. The van der Waals surface area contributed by atoms with Crippen LogP contribution in [0.15, 0.2) is 6.07 Å². The second-order valence-corrected chi connectivity index (χ2v) is 9.14. The lowest BCUT2D eigenvalue weighted by Crippen LogP contribution is -2.43. The highest BCUT2D eigenvalue weighted by atomic mass is 16.2. The molecular weight excluding hydrogens is 350 g/mol. The van der Waals surface area contributed by atoms with E-state index >= 15 is 0 Å². The molecule has 2 saturated carbocycles. The van der Waals surface area contributed by atoms with Crippen LogP contribution < -0.4 is 10.6 Å². The summed E-state index contributed by atoms with van der Waals surface area (Å²) in [7, 11) is 0. The highest BCUT2D eigenvalue weighted by Crippen LogP contribution is 2.32. The van der Waals surface area contributed by atoms with Crippen LogP contribution in [0.1, 0.15) is 99.4 Å². The van der Waals surface area contributed by atoms with Crippen molar-refractivity contribution in [1.82, 2.24) is 15.2 Å². The summed E-state index contributed by atoms with van der Waals surface area (Å²) in [5.74, 6) is 0.158. The predicted octanol–water partition coefficient (Wildman–Crippen LogP) is 4.42. The van der Waals surface area contributed by atoms with Gasteiger partial charge >= 0.3 is 0 Å². The smallest absolute Gasteiger partial charge is 0.253 e. The molecule has 0 spiro atoms. The summed E-state index contributed by atoms with van der Waals surface area (Å²) < 4.78 is 2.38. The second-order valence-electron chi connectivity index (χ2n) is 9.14. The average Bonchev–Trinajstić information content (AvgIpc) is 2.96. The van der Waals surface area contributed by atoms with Crippen LogP contribution in [-0.2, 0) is 4.79 Å². The molecule has 0 aromatic carbocycles. The highest BCUT2D eigenvalue weighted by molar-refractivity contribution is 5.96. The number of amides is 2. The van der Waals surface area contributed by atoms with Crippen LogP contribution in [0.3, 0.4) is 0 Å². The number of hydrogen-bond donors (Lipinski definition) is 2. The zero-order chi connectivity index (χ0) is 20.3. The fraction of sp³-hybridized carbons (Fsp3) is 0.739. The molecule has 28 heavy (non-hydrogen) atoms. The van der Waals surface area contributed by atoms with Gasteiger partial charge in [-0.3, -0.25) is 9.59 Å². The first kappa shape index (κ1) is 20.9. The predicted molar refractivity (Wildman–Crippen MR) is 113 cm³/mol. The Kier molecular flexibility index (Phi) is 6.84. The molecule has 1 aromatic heterocycles. The van der Waals surface area contributed by atoms with Crippen molar-refractivity contribution in [1.29, 1.82) is 0 Å². The lowest BCUT2D eigenvalue weighted by Gasteiger charge is -2.29. The molecule has 0 aliphatic heterocycles. The molecule has 2 aliphatic carbocycles. The Bertz CT molecular complexity index is 701. The largest absolute Gasteiger partial charge is 0.354 e. The van der Waals surface area contributed by atoms with E-state index in [4.69, 9.17) is 0 Å². The lowest BCUT2D eigenvalue weighted by atomic mass is 9.85. The van der Waals surface area contributed by atoms with Crippen LogP contribution in [0, 0.1) is 19.8 Å². The summed E-state index contributed by atoms with van der Waals surface area (Å²) in [5, 5.41) is 6.24. The number of aryl methyl sites for hydroxylation is 1. The highest BCUT2D eigenvalue weighted by Gasteiger charge is 2.29. The molecule has 0 bridgehead atoms. The molecule has 2 aliphatic rings. The quantitative estimate of drug-likeness (QED) is 0.785. The van der Waals surface area contributed by atoms with Crippen molar-refractivity contribution >= 4 is 11.8 Å². The third kappa shape index (κ3) is 4.79. The molecule has 5 nitrogen and oxygen atoms in total. The molecular formula is C23H37N3O2. The van der Waals surface area contributed by atoms with E-state index in [-0.39, 0.29) is 29.8 Å². The van der Waals surface area contributed by atoms with Gasteiger partial charge in [0, 0.05) is 35.4 Å². The Morgan fingerprint density at radius 3 is 2.43 bits per heavy atom. The Balaban J connectivity index is 1.65. The topological polar surface area (TPSA) is 63.1 Å². The molecule has 2 unspecified atom stereocenters. The molecule has 1 heterocycles. The van der Waals surface area contributed by atoms with E-state index in [1.165, 1.54) is 37.8 Å². The monoisotopic (exact) mass is 387 g/mol. The van der Waals surface area contributed by atoms with Crippen LogP contribution in [0.25, 0.3) is 0 Å². The molecule has 3 rings (SSSR count). The third-order valence-corrected chi connectivity index (χ3v) is 6.48. The molecule has 156 valence electrons. The number of carbonyl (C=O) groups excluding carboxylic acids is 2. The fourth-order valence-electron chi connectivity index (χ4n) is 5.13. The number of hydrogen-bond acceptors (Lipinski definition) is 2. The summed E-state index contributed by atoms with van der Waals surface area (Å²) in [5.41, 5.74) is 3.08. The molecule has 5 heteroatoms. The number of nitrogens with one attached hydrogen (secondary N) is 2. The Labute approximate surface area is 169 Å². The molecule has 2 N–H and O–H groups in total. The van der Waals surface area contributed by atoms with Gasteiger partial charge in [0.25, 0.3) is 5.91 Å². The number of aromatic nitrogens is 1. The van der Waals surface area contributed by atoms with Gasteiger partial charge in [0.05, 0.1) is 5.56 Å². The first-order chi connectivity index (χ1) is 13.4. The normalized spacial score (nSPS) is 23.6. The molecule has 0 saturated heterocycles. The van der Waals surface area contributed by atoms with E-state index in [0.29, 0.717) is 6.04 Å². The maximum absolute atomic E-state index is 13.0. The van der Waals surface area contributed by atoms with Crippen LogP contribution in [-0.4, -0.2) is 28.5 Å². The summed E-state index contributed by atoms with van der Waals surface area (Å²) in [6.45, 7) is 8.17. The van der Waals surface area contributed by atoms with Crippen LogP contribution >= 0.6 is 0 Å². The van der Waals surface area contributed by atoms with Gasteiger partial charge in [-0.2, -0.15) is 0 Å². The second kappa shape index (κ2) is 9.15. The SMILES string of the molecule is Cc1cc(C(=O)NC2CCCC(C(=O)NC(C)C)C2)c(C)n1C1CCCCC1. The van der Waals surface area contributed by atoms with Gasteiger partial charge in [-0.1, -0.05) is 25.7 Å². The van der Waals surface area contributed by atoms with Gasteiger partial charge in [0.1, 0.15) is 0 Å². The number of carbonyl (C=O) groups is 2. The minimum Gasteiger partial charge on any atom is -0.354 e. The Hall–Kier alpha value is -1.78. The van der Waals surface area contributed by atoms with E-state index in [2.05, 4.69) is 29.0 Å². The Morgan fingerprint density at radius 2 is 1.75 bits per heavy atom. The summed E-state index contributed by atoms with van der Waals surface area (Å²) >= 11 is 0. The molecule has 2 atom stereocenters. The molecule has 0 radical (unpaired) electrons. The zero-order valence-corrected chi connectivity index (χ0v) is 18.0. The minimum atomic E-state index is 0.0103. The van der Waals surface area contributed by atoms with Crippen molar-refractivity contribution in [3.63, 3.8) is 0 Å². The van der Waals surface area contributed by atoms with Gasteiger partial charge in [-0.25, -0.2) is 0 Å². The van der Waals surface area contributed by atoms with Crippen molar-refractivity contribution in [2.24, 2.45) is 5.92 Å². The van der Waals surface area contributed by atoms with E-state index in [0.717, 1.165) is 36.9 Å². The summed E-state index contributed by atoms with van der Waals surface area (Å²) in [6, 6.07) is 2.83. The molecule has 2 fully saturated rings. The van der Waals surface area contributed by atoms with Crippen molar-refractivity contribution in [2.45, 2.75) is 104 Å². The minimum absolute atomic E-state index is 0.0103. The lowest BCUT2D eigenvalue weighted by molar-refractivity contribution is -0.126. The van der Waals surface area contributed by atoms with E-state index < -0.39 is 0 Å². The number of rotatable bonds is 5. The van der Waals surface area contributed by atoms with Gasteiger partial charge in [0.15, 0.2) is 0 Å². The molecule has 1 aromatic rings. The van der Waals surface area contributed by atoms with Crippen molar-refractivity contribution in [3.8, 4) is 0 Å².